The number of hydrogen-bond donors (Lipinski definition) is 0. The number of hydrogen-bond acceptors (Lipinski definition) is 2. The van der Waals surface area contributed by atoms with Gasteiger partial charge < -0.3 is 0 Å². The van der Waals surface area contributed by atoms with Crippen molar-refractivity contribution in [2.24, 2.45) is 5.92 Å². The van der Waals surface area contributed by atoms with Gasteiger partial charge in [0.1, 0.15) is 0 Å². The first kappa shape index (κ1) is 22.5. The van der Waals surface area contributed by atoms with Gasteiger partial charge >= 0.3 is 7.80 Å². The molecule has 28 heavy (non-hydrogen) atoms. The van der Waals surface area contributed by atoms with E-state index >= 15 is 0 Å². The van der Waals surface area contributed by atoms with Crippen LogP contribution in [0, 0.1) is 33.6 Å². The van der Waals surface area contributed by atoms with Crippen molar-refractivity contribution >= 4 is 18.9 Å². The second-order valence-electron chi connectivity index (χ2n) is 7.96. The van der Waals surface area contributed by atoms with Crippen LogP contribution in [0.4, 0.5) is 0 Å². The molecule has 2 aromatic rings. The molecule has 3 heteroatoms. The summed E-state index contributed by atoms with van der Waals surface area (Å²) in [4.78, 5) is 13.5. The molecule has 150 valence electrons. The topological polar surface area (TPSA) is 34.1 Å². The Morgan fingerprint density at radius 1 is 1.00 bits per heavy atom. The van der Waals surface area contributed by atoms with Gasteiger partial charge in [-0.05, 0) is 74.9 Å². The van der Waals surface area contributed by atoms with Crippen LogP contribution in [0.25, 0.3) is 0 Å². The van der Waals surface area contributed by atoms with Gasteiger partial charge in [-0.25, -0.2) is 0 Å². The molecule has 0 bridgehead atoms. The monoisotopic (exact) mass is 397 g/mol. The zero-order valence-corrected chi connectivity index (χ0v) is 19.2. The third-order valence-corrected chi connectivity index (χ3v) is 7.74. The second kappa shape index (κ2) is 10.1. The molecule has 2 nitrogen and oxygen atoms in total. The Balaban J connectivity index is 2.40. The number of aryl methyl sites for hydroxylation is 2. The highest BCUT2D eigenvalue weighted by atomic mass is 31.1. The minimum atomic E-state index is -1.59. The molecule has 0 aromatic heterocycles. The largest absolute Gasteiger partial charge is 0.377 e. The molecule has 0 saturated heterocycles. The van der Waals surface area contributed by atoms with Crippen molar-refractivity contribution in [1.29, 1.82) is 0 Å². The molecule has 0 N–H and O–H groups in total. The van der Waals surface area contributed by atoms with E-state index in [9.17, 15) is 9.36 Å². The van der Waals surface area contributed by atoms with Crippen LogP contribution in [-0.4, -0.2) is 11.9 Å². The molecule has 2 aromatic carbocycles. The third kappa shape index (κ3) is 4.97. The molecule has 0 spiro atoms. The quantitative estimate of drug-likeness (QED) is 0.344. The summed E-state index contributed by atoms with van der Waals surface area (Å²) in [6, 6.07) is 9.57. The molecule has 0 saturated carbocycles. The standard InChI is InChI=1S/C25H34O2P/c1-7-9-12-21(8-2)16-28(27)23-14-11-10-13-22(23)25(26)24-18(4)15-17(3)19(5)20(24)6/h10-11,13-15,21H,7-9,12,16H2,1-6H3/q+1. The van der Waals surface area contributed by atoms with E-state index in [2.05, 4.69) is 33.8 Å². The molecule has 0 heterocycles. The number of carbonyl (C=O) groups excluding carboxylic acids is 1. The Kier molecular flexibility index (Phi) is 8.13. The normalized spacial score (nSPS) is 12.7. The molecule has 0 aliphatic carbocycles. The Morgan fingerprint density at radius 2 is 1.68 bits per heavy atom. The average molecular weight is 398 g/mol. The van der Waals surface area contributed by atoms with Gasteiger partial charge in [0.05, 0.1) is 5.56 Å². The molecule has 2 unspecified atom stereocenters. The SMILES string of the molecule is CCCCC(CC)C[P+](=O)c1ccccc1C(=O)c1c(C)cc(C)c(C)c1C. The molecule has 0 radical (unpaired) electrons. The molecule has 0 aliphatic rings. The first-order valence-electron chi connectivity index (χ1n) is 10.5. The van der Waals surface area contributed by atoms with Crippen molar-refractivity contribution in [3.8, 4) is 0 Å². The maximum atomic E-state index is 13.5. The van der Waals surface area contributed by atoms with Crippen LogP contribution in [0.3, 0.4) is 0 Å². The molecule has 2 atom stereocenters. The molecular formula is C25H34O2P+. The van der Waals surface area contributed by atoms with Gasteiger partial charge in [0.2, 0.25) is 5.30 Å². The summed E-state index contributed by atoms with van der Waals surface area (Å²) in [6.45, 7) is 12.5. The lowest BCUT2D eigenvalue weighted by atomic mass is 9.89. The number of ketones is 1. The van der Waals surface area contributed by atoms with Crippen LogP contribution in [0.2, 0.25) is 0 Å². The van der Waals surface area contributed by atoms with E-state index in [1.807, 2.05) is 38.1 Å². The van der Waals surface area contributed by atoms with Gasteiger partial charge in [0.25, 0.3) is 0 Å². The van der Waals surface area contributed by atoms with Crippen molar-refractivity contribution in [1.82, 2.24) is 0 Å². The summed E-state index contributed by atoms with van der Waals surface area (Å²) >= 11 is 0. The summed E-state index contributed by atoms with van der Waals surface area (Å²) in [7, 11) is -1.59. The highest BCUT2D eigenvalue weighted by molar-refractivity contribution is 7.53. The number of carbonyl (C=O) groups is 1. The Bertz CT molecular complexity index is 867. The van der Waals surface area contributed by atoms with E-state index in [0.29, 0.717) is 17.6 Å². The van der Waals surface area contributed by atoms with E-state index in [1.165, 1.54) is 12.0 Å². The van der Waals surface area contributed by atoms with Crippen molar-refractivity contribution in [3.63, 3.8) is 0 Å². The van der Waals surface area contributed by atoms with Crippen LogP contribution in [0.5, 0.6) is 0 Å². The fraction of sp³-hybridized carbons (Fsp3) is 0.480. The van der Waals surface area contributed by atoms with Gasteiger partial charge in [-0.15, -0.1) is 0 Å². The second-order valence-corrected chi connectivity index (χ2v) is 9.56. The molecule has 0 fully saturated rings. The van der Waals surface area contributed by atoms with E-state index < -0.39 is 7.80 Å². The fourth-order valence-corrected chi connectivity index (χ4v) is 5.71. The predicted octanol–water partition coefficient (Wildman–Crippen LogP) is 6.82. The van der Waals surface area contributed by atoms with Gasteiger partial charge in [-0.3, -0.25) is 4.79 Å². The van der Waals surface area contributed by atoms with Crippen molar-refractivity contribution in [2.45, 2.75) is 67.2 Å². The Labute approximate surface area is 171 Å². The summed E-state index contributed by atoms with van der Waals surface area (Å²) < 4.78 is 13.2. The van der Waals surface area contributed by atoms with Gasteiger partial charge in [-0.1, -0.05) is 49.5 Å². The lowest BCUT2D eigenvalue weighted by Gasteiger charge is -2.14. The summed E-state index contributed by atoms with van der Waals surface area (Å²) in [6.07, 6.45) is 5.14. The summed E-state index contributed by atoms with van der Waals surface area (Å²) in [5.74, 6) is 0.454. The lowest BCUT2D eigenvalue weighted by Crippen LogP contribution is -2.18. The zero-order chi connectivity index (χ0) is 20.8. The van der Waals surface area contributed by atoms with Crippen LogP contribution in [-0.2, 0) is 4.57 Å². The van der Waals surface area contributed by atoms with Gasteiger partial charge in [-0.2, -0.15) is 0 Å². The molecule has 0 aliphatic heterocycles. The van der Waals surface area contributed by atoms with Crippen LogP contribution in [0.1, 0.15) is 77.7 Å². The average Bonchev–Trinajstić information content (AvgIpc) is 2.69. The highest BCUT2D eigenvalue weighted by Gasteiger charge is 2.31. The molecule has 0 amide bonds. The number of rotatable bonds is 9. The minimum absolute atomic E-state index is 0.00124. The third-order valence-electron chi connectivity index (χ3n) is 5.97. The first-order valence-corrected chi connectivity index (χ1v) is 11.9. The van der Waals surface area contributed by atoms with E-state index in [0.717, 1.165) is 46.8 Å². The van der Waals surface area contributed by atoms with Crippen molar-refractivity contribution in [2.75, 3.05) is 6.16 Å². The summed E-state index contributed by atoms with van der Waals surface area (Å²) in [5, 5.41) is 0.717. The molecule has 2 rings (SSSR count). The number of benzene rings is 2. The Morgan fingerprint density at radius 3 is 2.32 bits per heavy atom. The van der Waals surface area contributed by atoms with Crippen LogP contribution < -0.4 is 5.30 Å². The van der Waals surface area contributed by atoms with Gasteiger partial charge in [0, 0.05) is 11.5 Å². The van der Waals surface area contributed by atoms with Gasteiger partial charge in [0.15, 0.2) is 11.9 Å². The Hall–Kier alpha value is -1.79. The lowest BCUT2D eigenvalue weighted by molar-refractivity contribution is 0.103. The van der Waals surface area contributed by atoms with Crippen molar-refractivity contribution in [3.05, 3.63) is 63.7 Å². The summed E-state index contributed by atoms with van der Waals surface area (Å²) in [5.41, 5.74) is 5.74. The zero-order valence-electron chi connectivity index (χ0n) is 18.3. The maximum absolute atomic E-state index is 13.5. The fourth-order valence-electron chi connectivity index (χ4n) is 3.90. The highest BCUT2D eigenvalue weighted by Crippen LogP contribution is 2.31. The maximum Gasteiger partial charge on any atom is 0.377 e. The predicted molar refractivity (Wildman–Crippen MR) is 121 cm³/mol. The minimum Gasteiger partial charge on any atom is -0.288 e. The smallest absolute Gasteiger partial charge is 0.288 e. The van der Waals surface area contributed by atoms with Crippen LogP contribution >= 0.6 is 7.80 Å². The first-order chi connectivity index (χ1) is 13.3. The van der Waals surface area contributed by atoms with Crippen molar-refractivity contribution < 1.29 is 9.36 Å². The van der Waals surface area contributed by atoms with E-state index in [1.54, 1.807) is 0 Å². The molecular weight excluding hydrogens is 363 g/mol. The number of unbranched alkanes of at least 4 members (excludes halogenated alkanes) is 1. The van der Waals surface area contributed by atoms with Crippen LogP contribution in [0.15, 0.2) is 30.3 Å². The van der Waals surface area contributed by atoms with E-state index in [-0.39, 0.29) is 5.78 Å². The van der Waals surface area contributed by atoms with E-state index in [4.69, 9.17) is 0 Å².